The van der Waals surface area contributed by atoms with Crippen molar-refractivity contribution >= 4 is 27.8 Å². The molecule has 2 atom stereocenters. The molecule has 3 aromatic heterocycles. The Morgan fingerprint density at radius 2 is 1.70 bits per heavy atom. The number of aromatic nitrogens is 5. The van der Waals surface area contributed by atoms with Crippen LogP contribution in [-0.2, 0) is 23.3 Å². The van der Waals surface area contributed by atoms with Crippen molar-refractivity contribution in [3.8, 4) is 17.1 Å². The molecule has 1 fully saturated rings. The highest BCUT2D eigenvalue weighted by Gasteiger charge is 2.41. The zero-order valence-electron chi connectivity index (χ0n) is 24.1. The fourth-order valence-corrected chi connectivity index (χ4v) is 6.30. The number of esters is 1. The number of hydrogen-bond acceptors (Lipinski definition) is 5. The molecule has 1 aliphatic rings. The molecule has 0 aliphatic heterocycles. The molecule has 0 radical (unpaired) electrons. The number of aryl methyl sites for hydroxylation is 1. The second kappa shape index (κ2) is 10.9. The number of nitrogens with zero attached hydrogens (tertiary/aromatic N) is 6. The second-order valence-electron chi connectivity index (χ2n) is 11.5. The smallest absolute Gasteiger partial charge is 0.435 e. The minimum Gasteiger partial charge on any atom is -0.435 e. The Labute approximate surface area is 247 Å². The number of halogens is 5. The molecule has 44 heavy (non-hydrogen) atoms. The minimum atomic E-state index is -5.28. The largest absolute Gasteiger partial charge is 0.490 e. The number of carbonyl (C=O) groups is 1. The molecule has 1 saturated carbocycles. The van der Waals surface area contributed by atoms with Gasteiger partial charge in [0.1, 0.15) is 11.6 Å². The molecule has 232 valence electrons. The van der Waals surface area contributed by atoms with E-state index in [1.54, 1.807) is 36.1 Å². The van der Waals surface area contributed by atoms with Gasteiger partial charge in [0, 0.05) is 53.9 Å². The fourth-order valence-electron chi connectivity index (χ4n) is 6.30. The molecule has 0 spiro atoms. The highest BCUT2D eigenvalue weighted by atomic mass is 19.4. The summed E-state index contributed by atoms with van der Waals surface area (Å²) < 4.78 is 77.5. The Morgan fingerprint density at radius 3 is 2.39 bits per heavy atom. The van der Waals surface area contributed by atoms with E-state index < -0.39 is 36.2 Å². The van der Waals surface area contributed by atoms with E-state index in [-0.39, 0.29) is 17.6 Å². The number of carbonyl (C=O) groups excluding carboxylic acids is 1. The molecule has 0 saturated heterocycles. The van der Waals surface area contributed by atoms with Crippen LogP contribution in [0.4, 0.5) is 22.0 Å². The third-order valence-electron chi connectivity index (χ3n) is 8.13. The molecule has 3 heterocycles. The lowest BCUT2D eigenvalue weighted by Crippen LogP contribution is -2.30. The summed E-state index contributed by atoms with van der Waals surface area (Å²) in [6.07, 6.45) is 0.743. The van der Waals surface area contributed by atoms with Gasteiger partial charge < -0.3 is 18.8 Å². The van der Waals surface area contributed by atoms with Gasteiger partial charge in [-0.3, -0.25) is 0 Å². The first kappa shape index (κ1) is 29.6. The van der Waals surface area contributed by atoms with Crippen LogP contribution >= 0.6 is 0 Å². The lowest BCUT2D eigenvalue weighted by molar-refractivity contribution is -0.203. The molecule has 1 aliphatic carbocycles. The van der Waals surface area contributed by atoms with Gasteiger partial charge in [0.05, 0.1) is 11.2 Å². The standard InChI is InChI=1S/C30H29F5N6O3/c1-37(2)13-17-4-7-20(10-17)39-15-26(22-12-19(32)6-9-25(22)39)41-27(23-14-38(3)24-8-5-18(31)11-21(23)24)36-40(29(41)43)16-44-28(42)30(33,34)35/h5-6,8-9,11-12,14-15,17,20H,4,7,10,13,16H2,1-3H3/t17-,20+/m1/s1. The molecule has 9 nitrogen and oxygen atoms in total. The Balaban J connectivity index is 1.55. The molecule has 5 aromatic rings. The Bertz CT molecular complexity index is 1950. The van der Waals surface area contributed by atoms with Gasteiger partial charge in [-0.2, -0.15) is 17.9 Å². The topological polar surface area (TPSA) is 79.2 Å². The predicted molar refractivity (Wildman–Crippen MR) is 152 cm³/mol. The van der Waals surface area contributed by atoms with E-state index >= 15 is 0 Å². The Hall–Kier alpha value is -4.46. The zero-order valence-corrected chi connectivity index (χ0v) is 24.1. The van der Waals surface area contributed by atoms with E-state index in [2.05, 4.69) is 14.7 Å². The van der Waals surface area contributed by atoms with Gasteiger partial charge in [-0.25, -0.2) is 22.9 Å². The monoisotopic (exact) mass is 616 g/mol. The Morgan fingerprint density at radius 1 is 1.02 bits per heavy atom. The molecule has 2 aromatic carbocycles. The van der Waals surface area contributed by atoms with Crippen molar-refractivity contribution in [3.05, 3.63) is 70.9 Å². The van der Waals surface area contributed by atoms with Gasteiger partial charge in [-0.05, 0) is 75.7 Å². The number of alkyl halides is 3. The molecule has 0 N–H and O–H groups in total. The maximum absolute atomic E-state index is 14.7. The van der Waals surface area contributed by atoms with Gasteiger partial charge in [-0.1, -0.05) is 0 Å². The summed E-state index contributed by atoms with van der Waals surface area (Å²) in [5, 5.41) is 5.02. The summed E-state index contributed by atoms with van der Waals surface area (Å²) in [7, 11) is 5.73. The number of benzene rings is 2. The fraction of sp³-hybridized carbons (Fsp3) is 0.367. The first-order valence-electron chi connectivity index (χ1n) is 14.0. The van der Waals surface area contributed by atoms with Gasteiger partial charge in [-0.15, -0.1) is 5.10 Å². The zero-order chi connectivity index (χ0) is 31.5. The van der Waals surface area contributed by atoms with Crippen LogP contribution in [0.15, 0.2) is 53.6 Å². The van der Waals surface area contributed by atoms with Crippen molar-refractivity contribution in [3.63, 3.8) is 0 Å². The van der Waals surface area contributed by atoms with E-state index in [0.29, 0.717) is 38.0 Å². The predicted octanol–water partition coefficient (Wildman–Crippen LogP) is 5.39. The lowest BCUT2D eigenvalue weighted by Gasteiger charge is -2.17. The molecular weight excluding hydrogens is 587 g/mol. The molecule has 6 rings (SSSR count). The summed E-state index contributed by atoms with van der Waals surface area (Å²) >= 11 is 0. The van der Waals surface area contributed by atoms with Crippen molar-refractivity contribution in [2.75, 3.05) is 20.6 Å². The van der Waals surface area contributed by atoms with E-state index in [1.165, 1.54) is 24.3 Å². The van der Waals surface area contributed by atoms with Crippen LogP contribution in [0.2, 0.25) is 0 Å². The highest BCUT2D eigenvalue weighted by Crippen LogP contribution is 2.40. The SMILES string of the molecule is CN(C)C[C@@H]1CC[C@H](n2cc(-n3c(-c4cn(C)c5ccc(F)cc45)nn(COC(=O)C(F)(F)F)c3=O)c3cc(F)ccc32)C1. The normalized spacial score (nSPS) is 17.4. The maximum atomic E-state index is 14.7. The third kappa shape index (κ3) is 5.27. The lowest BCUT2D eigenvalue weighted by atomic mass is 10.1. The van der Waals surface area contributed by atoms with Crippen molar-refractivity contribution < 1.29 is 31.5 Å². The van der Waals surface area contributed by atoms with E-state index in [1.807, 2.05) is 18.7 Å². The molecule has 0 bridgehead atoms. The summed E-state index contributed by atoms with van der Waals surface area (Å²) in [5.74, 6) is -3.20. The van der Waals surface area contributed by atoms with Crippen LogP contribution in [0, 0.1) is 17.6 Å². The number of fused-ring (bicyclic) bond motifs is 2. The van der Waals surface area contributed by atoms with Gasteiger partial charge in [0.15, 0.2) is 12.6 Å². The van der Waals surface area contributed by atoms with Crippen LogP contribution < -0.4 is 5.69 Å². The molecule has 14 heteroatoms. The van der Waals surface area contributed by atoms with E-state index in [4.69, 9.17) is 0 Å². The van der Waals surface area contributed by atoms with Gasteiger partial charge >= 0.3 is 17.8 Å². The third-order valence-corrected chi connectivity index (χ3v) is 8.13. The highest BCUT2D eigenvalue weighted by molar-refractivity contribution is 5.96. The minimum absolute atomic E-state index is 0.0468. The van der Waals surface area contributed by atoms with Crippen LogP contribution in [-0.4, -0.2) is 61.2 Å². The van der Waals surface area contributed by atoms with Crippen molar-refractivity contribution in [2.45, 2.75) is 38.2 Å². The molecule has 0 amide bonds. The number of ether oxygens (including phenoxy) is 1. The van der Waals surface area contributed by atoms with E-state index in [9.17, 15) is 31.5 Å². The average Bonchev–Trinajstić information content (AvgIpc) is 3.70. The number of rotatable bonds is 7. The molecule has 0 unspecified atom stereocenters. The van der Waals surface area contributed by atoms with Crippen LogP contribution in [0.1, 0.15) is 25.3 Å². The summed E-state index contributed by atoms with van der Waals surface area (Å²) in [6, 6.07) is 8.37. The second-order valence-corrected chi connectivity index (χ2v) is 11.5. The van der Waals surface area contributed by atoms with Gasteiger partial charge in [0.2, 0.25) is 0 Å². The maximum Gasteiger partial charge on any atom is 0.490 e. The van der Waals surface area contributed by atoms with Crippen LogP contribution in [0.3, 0.4) is 0 Å². The van der Waals surface area contributed by atoms with Crippen molar-refractivity contribution in [2.24, 2.45) is 13.0 Å². The van der Waals surface area contributed by atoms with Crippen molar-refractivity contribution in [1.82, 2.24) is 28.4 Å². The average molecular weight is 617 g/mol. The van der Waals surface area contributed by atoms with Gasteiger partial charge in [0.25, 0.3) is 0 Å². The van der Waals surface area contributed by atoms with Crippen LogP contribution in [0.5, 0.6) is 0 Å². The summed E-state index contributed by atoms with van der Waals surface area (Å²) in [4.78, 5) is 27.5. The Kier molecular flexibility index (Phi) is 7.34. The van der Waals surface area contributed by atoms with E-state index in [0.717, 1.165) is 30.4 Å². The molecular formula is C30H29F5N6O3. The quantitative estimate of drug-likeness (QED) is 0.181. The number of hydrogen-bond donors (Lipinski definition) is 0. The first-order valence-corrected chi connectivity index (χ1v) is 14.0. The summed E-state index contributed by atoms with van der Waals surface area (Å²) in [6.45, 7) is -0.222. The first-order chi connectivity index (χ1) is 20.8. The van der Waals surface area contributed by atoms with Crippen molar-refractivity contribution in [1.29, 1.82) is 0 Å². The summed E-state index contributed by atoms with van der Waals surface area (Å²) in [5.41, 5.74) is 0.866. The van der Waals surface area contributed by atoms with Crippen LogP contribution in [0.25, 0.3) is 38.9 Å².